The molecular weight excluding hydrogens is 1530 g/mol. The standard InChI is InChI=1S/C42H28N4.2C37H25N3/c1-3-11-31(12-4-1)39-28-40(32-13-5-2-6-14-32)46-42(45-39)38-26-36(30-16-19-33(20-17-30)41-43-22-9-23-44-41)25-37(27-38)35-21-18-29-10-7-8-15-34(29)24-35;1-3-12-27(13-4-1)35-25-36(28-14-5-2-6-15-28)40-37(39-35)33-23-31(22-32(24-33)34-17-9-10-20-38-34)30-19-18-26-11-7-8-16-29(26)21-30;1-3-11-27(12-4-1)35-24-36(28-13-5-2-6-14-28)40-37(39-35)34-22-32(21-33(23-34)31-16-9-19-38-25-31)30-18-17-26-10-7-8-15-29(26)20-30/h1-28H;2*1-25H. The third-order valence-electron chi connectivity index (χ3n) is 22.4. The molecule has 0 bridgehead atoms. The highest BCUT2D eigenvalue weighted by molar-refractivity contribution is 5.93. The summed E-state index contributed by atoms with van der Waals surface area (Å²) >= 11 is 0. The Morgan fingerprint density at radius 2 is 0.389 bits per heavy atom. The topological polar surface area (TPSA) is 129 Å². The molecule has 10 heteroatoms. The Morgan fingerprint density at radius 1 is 0.119 bits per heavy atom. The summed E-state index contributed by atoms with van der Waals surface area (Å²) in [4.78, 5) is 48.5. The largest absolute Gasteiger partial charge is 0.264 e. The molecule has 6 heterocycles. The first kappa shape index (κ1) is 77.5. The lowest BCUT2D eigenvalue weighted by Gasteiger charge is -2.13. The fourth-order valence-electron chi connectivity index (χ4n) is 16.0. The minimum Gasteiger partial charge on any atom is -0.264 e. The zero-order chi connectivity index (χ0) is 84.2. The summed E-state index contributed by atoms with van der Waals surface area (Å²) in [5.41, 5.74) is 28.4. The van der Waals surface area contributed by atoms with Crippen LogP contribution in [-0.2, 0) is 0 Å². The molecule has 592 valence electrons. The Kier molecular flexibility index (Phi) is 22.2. The van der Waals surface area contributed by atoms with Crippen LogP contribution in [-0.4, -0.2) is 49.8 Å². The van der Waals surface area contributed by atoms with Crippen molar-refractivity contribution >= 4 is 32.3 Å². The van der Waals surface area contributed by atoms with Gasteiger partial charge in [-0.1, -0.05) is 328 Å². The molecule has 0 aliphatic rings. The van der Waals surface area contributed by atoms with Gasteiger partial charge in [0.25, 0.3) is 0 Å². The summed E-state index contributed by atoms with van der Waals surface area (Å²) in [5.74, 6) is 2.76. The number of hydrogen-bond donors (Lipinski definition) is 0. The quantitative estimate of drug-likeness (QED) is 0.0922. The van der Waals surface area contributed by atoms with Crippen molar-refractivity contribution in [3.8, 4) is 180 Å². The molecule has 22 aromatic rings. The molecule has 10 nitrogen and oxygen atoms in total. The van der Waals surface area contributed by atoms with E-state index in [0.29, 0.717) is 23.3 Å². The number of rotatable bonds is 16. The molecule has 0 saturated carbocycles. The van der Waals surface area contributed by atoms with Gasteiger partial charge in [0.05, 0.1) is 39.9 Å². The third-order valence-corrected chi connectivity index (χ3v) is 22.4. The fraction of sp³-hybridized carbons (Fsp3) is 0. The molecule has 0 unspecified atom stereocenters. The maximum Gasteiger partial charge on any atom is 0.160 e. The Bertz CT molecular complexity index is 7120. The maximum absolute atomic E-state index is 5.15. The molecule has 0 fully saturated rings. The average molecular weight is 1610 g/mol. The van der Waals surface area contributed by atoms with Crippen LogP contribution in [0.5, 0.6) is 0 Å². The van der Waals surface area contributed by atoms with Crippen LogP contribution >= 0.6 is 0 Å². The number of pyridine rings is 2. The summed E-state index contributed by atoms with van der Waals surface area (Å²) in [6.45, 7) is 0. The predicted octanol–water partition coefficient (Wildman–Crippen LogP) is 29.1. The molecule has 16 aromatic carbocycles. The van der Waals surface area contributed by atoms with Gasteiger partial charge in [0.15, 0.2) is 23.3 Å². The van der Waals surface area contributed by atoms with Crippen molar-refractivity contribution in [3.05, 3.63) is 474 Å². The molecule has 0 aliphatic carbocycles. The van der Waals surface area contributed by atoms with Crippen molar-refractivity contribution in [1.82, 2.24) is 49.8 Å². The van der Waals surface area contributed by atoms with Gasteiger partial charge in [0.1, 0.15) is 0 Å². The minimum atomic E-state index is 0.679. The molecule has 0 radical (unpaired) electrons. The highest BCUT2D eigenvalue weighted by Gasteiger charge is 2.20. The van der Waals surface area contributed by atoms with E-state index < -0.39 is 0 Å². The van der Waals surface area contributed by atoms with Crippen LogP contribution in [0.4, 0.5) is 0 Å². The van der Waals surface area contributed by atoms with Crippen LogP contribution < -0.4 is 0 Å². The Balaban J connectivity index is 0.000000120. The first-order valence-corrected chi connectivity index (χ1v) is 42.0. The molecular formula is C116H78N10. The van der Waals surface area contributed by atoms with Crippen LogP contribution in [0, 0.1) is 0 Å². The maximum atomic E-state index is 5.15. The van der Waals surface area contributed by atoms with Gasteiger partial charge in [-0.25, -0.2) is 39.9 Å². The lowest BCUT2D eigenvalue weighted by molar-refractivity contribution is 1.18. The lowest BCUT2D eigenvalue weighted by atomic mass is 9.94. The summed E-state index contributed by atoms with van der Waals surface area (Å²) < 4.78 is 0. The van der Waals surface area contributed by atoms with E-state index >= 15 is 0 Å². The van der Waals surface area contributed by atoms with Gasteiger partial charge in [0, 0.05) is 97.7 Å². The SMILES string of the molecule is c1ccc(-c2cc(-c3ccccc3)nc(-c3cc(-c4ccc(-c5ncccn5)cc4)cc(-c4ccc5ccccc5c4)c3)n2)cc1.c1ccc(-c2cc(-c3ccccc3)nc(-c3cc(-c4ccc5ccccc5c4)cc(-c4ccccn4)c3)n2)cc1.c1ccc(-c2cc(-c3ccccc3)nc(-c3cc(-c4cccnc4)cc(-c4ccc5ccccc5c4)c3)n2)cc1. The van der Waals surface area contributed by atoms with Crippen LogP contribution in [0.25, 0.3) is 212 Å². The first-order chi connectivity index (χ1) is 62.4. The van der Waals surface area contributed by atoms with E-state index in [9.17, 15) is 0 Å². The van der Waals surface area contributed by atoms with E-state index in [4.69, 9.17) is 29.9 Å². The van der Waals surface area contributed by atoms with Crippen LogP contribution in [0.15, 0.2) is 474 Å². The lowest BCUT2D eigenvalue weighted by Crippen LogP contribution is -1.97. The van der Waals surface area contributed by atoms with Gasteiger partial charge < -0.3 is 0 Å². The molecule has 0 spiro atoms. The zero-order valence-electron chi connectivity index (χ0n) is 68.5. The third kappa shape index (κ3) is 17.6. The molecule has 0 aliphatic heterocycles. The predicted molar refractivity (Wildman–Crippen MR) is 517 cm³/mol. The second-order valence-electron chi connectivity index (χ2n) is 30.8. The second-order valence-corrected chi connectivity index (χ2v) is 30.8. The van der Waals surface area contributed by atoms with Gasteiger partial charge in [0.2, 0.25) is 0 Å². The van der Waals surface area contributed by atoms with Gasteiger partial charge in [-0.3, -0.25) is 9.97 Å². The smallest absolute Gasteiger partial charge is 0.160 e. The molecule has 22 rings (SSSR count). The van der Waals surface area contributed by atoms with Crippen molar-refractivity contribution < 1.29 is 0 Å². The molecule has 0 atom stereocenters. The Labute approximate surface area is 731 Å². The number of fused-ring (bicyclic) bond motifs is 3. The number of hydrogen-bond acceptors (Lipinski definition) is 10. The summed E-state index contributed by atoms with van der Waals surface area (Å²) in [5, 5.41) is 7.28. The first-order valence-electron chi connectivity index (χ1n) is 42.0. The number of aromatic nitrogens is 10. The van der Waals surface area contributed by atoms with Gasteiger partial charge in [-0.2, -0.15) is 0 Å². The normalized spacial score (nSPS) is 11.0. The van der Waals surface area contributed by atoms with Gasteiger partial charge in [-0.05, 0) is 198 Å². The second kappa shape index (κ2) is 36.1. The number of benzene rings is 16. The summed E-state index contributed by atoms with van der Waals surface area (Å²) in [6.07, 6.45) is 9.07. The monoisotopic (exact) mass is 1610 g/mol. The van der Waals surface area contributed by atoms with Crippen LogP contribution in [0.3, 0.4) is 0 Å². The van der Waals surface area contributed by atoms with E-state index in [1.165, 1.54) is 32.3 Å². The van der Waals surface area contributed by atoms with Gasteiger partial charge >= 0.3 is 0 Å². The van der Waals surface area contributed by atoms with Crippen molar-refractivity contribution in [2.75, 3.05) is 0 Å². The average Bonchev–Trinajstić information content (AvgIpc) is 0.787. The summed E-state index contributed by atoms with van der Waals surface area (Å²) in [6, 6.07) is 153. The van der Waals surface area contributed by atoms with Crippen LogP contribution in [0.2, 0.25) is 0 Å². The molecule has 0 N–H and O–H groups in total. The van der Waals surface area contributed by atoms with E-state index in [0.717, 1.165) is 157 Å². The van der Waals surface area contributed by atoms with Crippen LogP contribution in [0.1, 0.15) is 0 Å². The molecule has 0 saturated heterocycles. The molecule has 0 amide bonds. The molecule has 6 aromatic heterocycles. The van der Waals surface area contributed by atoms with E-state index in [1.807, 2.05) is 152 Å². The Hall–Kier alpha value is -17.1. The van der Waals surface area contributed by atoms with Gasteiger partial charge in [-0.15, -0.1) is 0 Å². The minimum absolute atomic E-state index is 0.679. The van der Waals surface area contributed by atoms with Crippen molar-refractivity contribution in [2.24, 2.45) is 0 Å². The van der Waals surface area contributed by atoms with Crippen molar-refractivity contribution in [1.29, 1.82) is 0 Å². The van der Waals surface area contributed by atoms with Crippen molar-refractivity contribution in [3.63, 3.8) is 0 Å². The van der Waals surface area contributed by atoms with Crippen molar-refractivity contribution in [2.45, 2.75) is 0 Å². The summed E-state index contributed by atoms with van der Waals surface area (Å²) in [7, 11) is 0. The van der Waals surface area contributed by atoms with E-state index in [-0.39, 0.29) is 0 Å². The molecule has 126 heavy (non-hydrogen) atoms. The van der Waals surface area contributed by atoms with E-state index in [2.05, 4.69) is 323 Å². The number of nitrogens with zero attached hydrogens (tertiary/aromatic N) is 10. The highest BCUT2D eigenvalue weighted by Crippen LogP contribution is 2.41. The zero-order valence-corrected chi connectivity index (χ0v) is 68.5. The van der Waals surface area contributed by atoms with E-state index in [1.54, 1.807) is 18.6 Å². The fourth-order valence-corrected chi connectivity index (χ4v) is 16.0. The Morgan fingerprint density at radius 3 is 0.722 bits per heavy atom. The highest BCUT2D eigenvalue weighted by atomic mass is 14.9.